The van der Waals surface area contributed by atoms with Crippen LogP contribution in [-0.2, 0) is 12.8 Å². The molecule has 3 heterocycles. The first-order valence-electron chi connectivity index (χ1n) is 7.05. The van der Waals surface area contributed by atoms with Gasteiger partial charge in [-0.25, -0.2) is 0 Å². The Kier molecular flexibility index (Phi) is 3.20. The van der Waals surface area contributed by atoms with Gasteiger partial charge in [-0.1, -0.05) is 29.4 Å². The molecular weight excluding hydrogens is 282 g/mol. The van der Waals surface area contributed by atoms with E-state index in [1.165, 1.54) is 16.1 Å². The number of hydrogen-bond donors (Lipinski definition) is 1. The molecule has 0 fully saturated rings. The van der Waals surface area contributed by atoms with Gasteiger partial charge in [0.25, 0.3) is 0 Å². The van der Waals surface area contributed by atoms with Crippen molar-refractivity contribution < 1.29 is 4.52 Å². The fourth-order valence-electron chi connectivity index (χ4n) is 2.76. The Hall–Kier alpha value is -2.14. The highest BCUT2D eigenvalue weighted by atomic mass is 32.1. The maximum atomic E-state index is 5.41. The SMILES string of the molecule is c1csc(Cc2noc(CC3CNc4ccccc43)n2)c1. The van der Waals surface area contributed by atoms with E-state index in [0.717, 1.165) is 31.1 Å². The second kappa shape index (κ2) is 5.33. The first-order valence-corrected chi connectivity index (χ1v) is 7.93. The van der Waals surface area contributed by atoms with Crippen molar-refractivity contribution in [1.82, 2.24) is 10.1 Å². The topological polar surface area (TPSA) is 51.0 Å². The van der Waals surface area contributed by atoms with Crippen LogP contribution in [0.5, 0.6) is 0 Å². The molecule has 0 amide bonds. The number of rotatable bonds is 4. The van der Waals surface area contributed by atoms with Crippen molar-refractivity contribution in [2.45, 2.75) is 18.8 Å². The summed E-state index contributed by atoms with van der Waals surface area (Å²) in [4.78, 5) is 5.78. The summed E-state index contributed by atoms with van der Waals surface area (Å²) in [6.07, 6.45) is 1.54. The minimum atomic E-state index is 0.413. The van der Waals surface area contributed by atoms with Gasteiger partial charge in [0.1, 0.15) is 0 Å². The van der Waals surface area contributed by atoms with Crippen LogP contribution in [0.25, 0.3) is 0 Å². The van der Waals surface area contributed by atoms with Crippen LogP contribution in [0.2, 0.25) is 0 Å². The number of hydrogen-bond acceptors (Lipinski definition) is 5. The quantitative estimate of drug-likeness (QED) is 0.801. The van der Waals surface area contributed by atoms with Crippen molar-refractivity contribution in [3.05, 3.63) is 63.9 Å². The summed E-state index contributed by atoms with van der Waals surface area (Å²) in [7, 11) is 0. The smallest absolute Gasteiger partial charge is 0.227 e. The van der Waals surface area contributed by atoms with E-state index in [1.54, 1.807) is 11.3 Å². The number of nitrogens with one attached hydrogen (secondary N) is 1. The van der Waals surface area contributed by atoms with Crippen LogP contribution >= 0.6 is 11.3 Å². The van der Waals surface area contributed by atoms with Crippen LogP contribution in [0.1, 0.15) is 28.1 Å². The number of benzene rings is 1. The van der Waals surface area contributed by atoms with Gasteiger partial charge in [0.15, 0.2) is 5.82 Å². The average Bonchev–Trinajstić information content (AvgIpc) is 3.23. The molecule has 0 aliphatic carbocycles. The van der Waals surface area contributed by atoms with E-state index >= 15 is 0 Å². The van der Waals surface area contributed by atoms with Gasteiger partial charge in [-0.2, -0.15) is 4.98 Å². The Balaban J connectivity index is 1.48. The molecule has 1 aromatic carbocycles. The predicted octanol–water partition coefficient (Wildman–Crippen LogP) is 3.47. The molecule has 2 aromatic heterocycles. The van der Waals surface area contributed by atoms with Gasteiger partial charge in [0.05, 0.1) is 0 Å². The first kappa shape index (κ1) is 12.6. The van der Waals surface area contributed by atoms with Crippen LogP contribution in [-0.4, -0.2) is 16.7 Å². The monoisotopic (exact) mass is 297 g/mol. The predicted molar refractivity (Wildman–Crippen MR) is 82.8 cm³/mol. The minimum absolute atomic E-state index is 0.413. The number of aromatic nitrogens is 2. The average molecular weight is 297 g/mol. The molecule has 1 unspecified atom stereocenters. The Morgan fingerprint density at radius 2 is 2.19 bits per heavy atom. The molecule has 0 saturated heterocycles. The maximum absolute atomic E-state index is 5.41. The maximum Gasteiger partial charge on any atom is 0.227 e. The molecule has 1 aliphatic heterocycles. The Bertz CT molecular complexity index is 736. The number of anilines is 1. The molecule has 21 heavy (non-hydrogen) atoms. The Morgan fingerprint density at radius 1 is 1.24 bits per heavy atom. The molecule has 5 heteroatoms. The Labute approximate surface area is 126 Å². The number of fused-ring (bicyclic) bond motifs is 1. The summed E-state index contributed by atoms with van der Waals surface area (Å²) >= 11 is 1.72. The van der Waals surface area contributed by atoms with Crippen molar-refractivity contribution in [3.8, 4) is 0 Å². The first-order chi connectivity index (χ1) is 10.4. The van der Waals surface area contributed by atoms with Crippen LogP contribution in [0.4, 0.5) is 5.69 Å². The normalized spacial score (nSPS) is 16.7. The second-order valence-corrected chi connectivity index (χ2v) is 6.26. The largest absolute Gasteiger partial charge is 0.384 e. The third kappa shape index (κ3) is 2.56. The van der Waals surface area contributed by atoms with Crippen LogP contribution < -0.4 is 5.32 Å². The van der Waals surface area contributed by atoms with Crippen LogP contribution in [0, 0.1) is 0 Å². The molecule has 0 spiro atoms. The van der Waals surface area contributed by atoms with Gasteiger partial charge >= 0.3 is 0 Å². The van der Waals surface area contributed by atoms with Gasteiger partial charge in [-0.3, -0.25) is 0 Å². The third-order valence-corrected chi connectivity index (χ3v) is 4.66. The van der Waals surface area contributed by atoms with Crippen LogP contribution in [0.3, 0.4) is 0 Å². The molecule has 1 atom stereocenters. The van der Waals surface area contributed by atoms with E-state index in [1.807, 2.05) is 6.07 Å². The lowest BCUT2D eigenvalue weighted by molar-refractivity contribution is 0.367. The summed E-state index contributed by atoms with van der Waals surface area (Å²) in [6.45, 7) is 0.933. The molecule has 3 aromatic rings. The van der Waals surface area contributed by atoms with Gasteiger partial charge in [0.2, 0.25) is 5.89 Å². The van der Waals surface area contributed by atoms with Crippen LogP contribution in [0.15, 0.2) is 46.3 Å². The molecule has 1 N–H and O–H groups in total. The van der Waals surface area contributed by atoms with Gasteiger partial charge in [-0.15, -0.1) is 11.3 Å². The lowest BCUT2D eigenvalue weighted by atomic mass is 9.98. The molecular formula is C16H15N3OS. The molecule has 4 rings (SSSR count). The van der Waals surface area contributed by atoms with Crippen molar-refractivity contribution in [2.75, 3.05) is 11.9 Å². The summed E-state index contributed by atoms with van der Waals surface area (Å²) < 4.78 is 5.41. The van der Waals surface area contributed by atoms with Crippen molar-refractivity contribution in [2.24, 2.45) is 0 Å². The summed E-state index contributed by atoms with van der Waals surface area (Å²) in [5, 5.41) is 9.58. The summed E-state index contributed by atoms with van der Waals surface area (Å²) in [5.41, 5.74) is 2.57. The van der Waals surface area contributed by atoms with E-state index in [0.29, 0.717) is 5.92 Å². The van der Waals surface area contributed by atoms with Gasteiger partial charge in [-0.05, 0) is 23.1 Å². The standard InChI is InChI=1S/C16H15N3OS/c1-2-6-14-13(5-1)11(10-17-14)8-16-18-15(19-20-16)9-12-4-3-7-21-12/h1-7,11,17H,8-10H2. The van der Waals surface area contributed by atoms with Gasteiger partial charge < -0.3 is 9.84 Å². The fraction of sp³-hybridized carbons (Fsp3) is 0.250. The molecule has 1 aliphatic rings. The van der Waals surface area contributed by atoms with E-state index in [2.05, 4.69) is 51.2 Å². The molecule has 106 valence electrons. The highest BCUT2D eigenvalue weighted by Crippen LogP contribution is 2.33. The molecule has 0 saturated carbocycles. The van der Waals surface area contributed by atoms with Crippen molar-refractivity contribution in [1.29, 1.82) is 0 Å². The lowest BCUT2D eigenvalue weighted by Gasteiger charge is -2.05. The van der Waals surface area contributed by atoms with Gasteiger partial charge in [0, 0.05) is 35.9 Å². The van der Waals surface area contributed by atoms with Crippen molar-refractivity contribution in [3.63, 3.8) is 0 Å². The summed E-state index contributed by atoms with van der Waals surface area (Å²) in [6, 6.07) is 12.6. The van der Waals surface area contributed by atoms with E-state index < -0.39 is 0 Å². The zero-order chi connectivity index (χ0) is 14.1. The van der Waals surface area contributed by atoms with E-state index in [-0.39, 0.29) is 0 Å². The zero-order valence-corrected chi connectivity index (χ0v) is 12.3. The number of para-hydroxylation sites is 1. The summed E-state index contributed by atoms with van der Waals surface area (Å²) in [5.74, 6) is 1.91. The van der Waals surface area contributed by atoms with E-state index in [9.17, 15) is 0 Å². The molecule has 4 nitrogen and oxygen atoms in total. The number of thiophene rings is 1. The van der Waals surface area contributed by atoms with Crippen molar-refractivity contribution >= 4 is 17.0 Å². The third-order valence-electron chi connectivity index (χ3n) is 3.78. The van der Waals surface area contributed by atoms with E-state index in [4.69, 9.17) is 4.52 Å². The highest BCUT2D eigenvalue weighted by molar-refractivity contribution is 7.09. The molecule has 0 bridgehead atoms. The highest BCUT2D eigenvalue weighted by Gasteiger charge is 2.24. The molecule has 0 radical (unpaired) electrons. The second-order valence-electron chi connectivity index (χ2n) is 5.23. The number of nitrogens with zero attached hydrogens (tertiary/aromatic N) is 2. The lowest BCUT2D eigenvalue weighted by Crippen LogP contribution is -2.05. The fourth-order valence-corrected chi connectivity index (χ4v) is 3.47. The Morgan fingerprint density at radius 3 is 3.10 bits per heavy atom. The minimum Gasteiger partial charge on any atom is -0.384 e. The zero-order valence-electron chi connectivity index (χ0n) is 11.5.